The number of anilines is 2. The van der Waals surface area contributed by atoms with Crippen molar-refractivity contribution >= 4 is 49.8 Å². The number of nitrogens with one attached hydrogen (secondary N) is 2. The fourth-order valence-corrected chi connectivity index (χ4v) is 5.83. The van der Waals surface area contributed by atoms with Crippen LogP contribution >= 0.6 is 11.6 Å². The van der Waals surface area contributed by atoms with Gasteiger partial charge in [-0.15, -0.1) is 0 Å². The van der Waals surface area contributed by atoms with Crippen LogP contribution in [-0.4, -0.2) is 68.7 Å². The van der Waals surface area contributed by atoms with E-state index in [1.807, 2.05) is 12.1 Å². The second-order valence-corrected chi connectivity index (χ2v) is 11.1. The van der Waals surface area contributed by atoms with E-state index >= 15 is 0 Å². The van der Waals surface area contributed by atoms with E-state index < -0.39 is 15.9 Å². The van der Waals surface area contributed by atoms with Gasteiger partial charge in [-0.05, 0) is 54.7 Å². The number of ether oxygens (including phenoxy) is 1. The summed E-state index contributed by atoms with van der Waals surface area (Å²) in [5, 5.41) is 10.8. The van der Waals surface area contributed by atoms with Gasteiger partial charge in [-0.25, -0.2) is 8.42 Å². The molecule has 3 aromatic rings. The summed E-state index contributed by atoms with van der Waals surface area (Å²) in [6.45, 7) is 2.45. The van der Waals surface area contributed by atoms with Crippen molar-refractivity contribution in [2.24, 2.45) is 0 Å². The molecule has 5 rings (SSSR count). The van der Waals surface area contributed by atoms with Gasteiger partial charge in [0.2, 0.25) is 15.9 Å². The molecule has 0 atom stereocenters. The summed E-state index contributed by atoms with van der Waals surface area (Å²) in [5.74, 6) is -0.0764. The zero-order chi connectivity index (χ0) is 23.9. The highest BCUT2D eigenvalue weighted by Gasteiger charge is 2.30. The Morgan fingerprint density at radius 1 is 1.26 bits per heavy atom. The van der Waals surface area contributed by atoms with Crippen molar-refractivity contribution in [2.45, 2.75) is 23.7 Å². The van der Waals surface area contributed by atoms with Gasteiger partial charge in [-0.2, -0.15) is 9.40 Å². The van der Waals surface area contributed by atoms with Crippen LogP contribution in [0.25, 0.3) is 10.9 Å². The van der Waals surface area contributed by atoms with E-state index in [1.165, 1.54) is 7.05 Å². The second-order valence-electron chi connectivity index (χ2n) is 8.70. The van der Waals surface area contributed by atoms with E-state index in [2.05, 4.69) is 20.4 Å². The number of carbonyl (C=O) groups is 1. The first-order valence-corrected chi connectivity index (χ1v) is 13.0. The van der Waals surface area contributed by atoms with Gasteiger partial charge in [-0.3, -0.25) is 9.89 Å². The minimum Gasteiger partial charge on any atom is -0.378 e. The van der Waals surface area contributed by atoms with Crippen molar-refractivity contribution in [3.8, 4) is 0 Å². The maximum absolute atomic E-state index is 13.4. The van der Waals surface area contributed by atoms with Crippen molar-refractivity contribution in [2.75, 3.05) is 50.1 Å². The molecular weight excluding hydrogens is 478 g/mol. The highest BCUT2D eigenvalue weighted by molar-refractivity contribution is 7.89. The van der Waals surface area contributed by atoms with Gasteiger partial charge in [0.1, 0.15) is 4.90 Å². The number of nitrogens with zero attached hydrogens (tertiary/aromatic N) is 3. The zero-order valence-corrected chi connectivity index (χ0v) is 20.3. The SMILES string of the molecule is CN(CC(=O)Nc1ccc(N2CCOCC2)c(Cl)c1)S(=O)(=O)c1cc(C2CC2)cc2cn[nH]c12. The fourth-order valence-electron chi connectivity index (χ4n) is 4.20. The maximum Gasteiger partial charge on any atom is 0.245 e. The summed E-state index contributed by atoms with van der Waals surface area (Å²) in [5.41, 5.74) is 2.81. The molecule has 2 heterocycles. The Hall–Kier alpha value is -2.66. The molecule has 2 fully saturated rings. The summed E-state index contributed by atoms with van der Waals surface area (Å²) < 4.78 is 33.2. The smallest absolute Gasteiger partial charge is 0.245 e. The summed E-state index contributed by atoms with van der Waals surface area (Å²) >= 11 is 6.45. The average molecular weight is 504 g/mol. The number of amides is 1. The Labute approximate surface area is 203 Å². The van der Waals surface area contributed by atoms with Crippen LogP contribution in [0.3, 0.4) is 0 Å². The lowest BCUT2D eigenvalue weighted by Crippen LogP contribution is -2.36. The zero-order valence-electron chi connectivity index (χ0n) is 18.8. The minimum atomic E-state index is -3.92. The lowest BCUT2D eigenvalue weighted by Gasteiger charge is -2.29. The molecule has 1 saturated carbocycles. The molecule has 1 aromatic heterocycles. The Bertz CT molecular complexity index is 1330. The molecule has 1 aliphatic heterocycles. The van der Waals surface area contributed by atoms with E-state index in [0.29, 0.717) is 35.4 Å². The number of hydrogen-bond acceptors (Lipinski definition) is 6. The number of rotatable bonds is 7. The standard InChI is InChI=1S/C23H26ClN5O4S/c1-28(34(31,32)21-11-16(15-2-3-15)10-17-13-25-27-23(17)21)14-22(30)26-18-4-5-20(19(24)12-18)29-6-8-33-9-7-29/h4-5,10-13,15H,2-3,6-9,14H2,1H3,(H,25,27)(H,26,30). The van der Waals surface area contributed by atoms with E-state index in [0.717, 1.165) is 46.9 Å². The number of halogens is 1. The van der Waals surface area contributed by atoms with Gasteiger partial charge in [0.05, 0.1) is 42.2 Å². The molecule has 11 heteroatoms. The molecule has 2 N–H and O–H groups in total. The molecule has 2 aromatic carbocycles. The monoisotopic (exact) mass is 503 g/mol. The maximum atomic E-state index is 13.4. The third-order valence-corrected chi connectivity index (χ3v) is 8.35. The number of aromatic amines is 1. The molecule has 34 heavy (non-hydrogen) atoms. The van der Waals surface area contributed by atoms with Gasteiger partial charge in [0.25, 0.3) is 0 Å². The van der Waals surface area contributed by atoms with Gasteiger partial charge in [-0.1, -0.05) is 11.6 Å². The first-order chi connectivity index (χ1) is 16.3. The topological polar surface area (TPSA) is 108 Å². The lowest BCUT2D eigenvalue weighted by molar-refractivity contribution is -0.116. The Morgan fingerprint density at radius 2 is 2.03 bits per heavy atom. The predicted molar refractivity (Wildman–Crippen MR) is 131 cm³/mol. The van der Waals surface area contributed by atoms with Crippen LogP contribution in [0.2, 0.25) is 5.02 Å². The molecule has 0 unspecified atom stereocenters. The third-order valence-electron chi connectivity index (χ3n) is 6.22. The first kappa shape index (κ1) is 23.1. The number of morpholine rings is 1. The van der Waals surface area contributed by atoms with E-state index in [-0.39, 0.29) is 11.4 Å². The first-order valence-electron chi connectivity index (χ1n) is 11.2. The number of benzene rings is 2. The van der Waals surface area contributed by atoms with Crippen LogP contribution in [0.15, 0.2) is 41.4 Å². The third kappa shape index (κ3) is 4.63. The van der Waals surface area contributed by atoms with E-state index in [4.69, 9.17) is 16.3 Å². The lowest BCUT2D eigenvalue weighted by atomic mass is 10.1. The van der Waals surface area contributed by atoms with Crippen molar-refractivity contribution in [1.29, 1.82) is 0 Å². The normalized spacial score (nSPS) is 16.9. The number of hydrogen-bond donors (Lipinski definition) is 2. The van der Waals surface area contributed by atoms with Crippen molar-refractivity contribution in [3.63, 3.8) is 0 Å². The Balaban J connectivity index is 1.30. The number of carbonyl (C=O) groups excluding carboxylic acids is 1. The van der Waals surface area contributed by atoms with Gasteiger partial charge in [0, 0.05) is 31.2 Å². The number of H-pyrrole nitrogens is 1. The molecule has 1 amide bonds. The average Bonchev–Trinajstić information content (AvgIpc) is 3.56. The number of likely N-dealkylation sites (N-methyl/N-ethyl adjacent to an activating group) is 1. The van der Waals surface area contributed by atoms with Crippen LogP contribution in [0.4, 0.5) is 11.4 Å². The highest BCUT2D eigenvalue weighted by atomic mass is 35.5. The van der Waals surface area contributed by atoms with Crippen molar-refractivity contribution in [3.05, 3.63) is 47.1 Å². The molecule has 0 radical (unpaired) electrons. The van der Waals surface area contributed by atoms with Crippen LogP contribution in [0.1, 0.15) is 24.3 Å². The molecule has 0 spiro atoms. The Morgan fingerprint density at radius 3 is 2.74 bits per heavy atom. The molecule has 180 valence electrons. The quantitative estimate of drug-likeness (QED) is 0.512. The summed E-state index contributed by atoms with van der Waals surface area (Å²) in [6, 6.07) is 8.96. The molecule has 1 aliphatic carbocycles. The van der Waals surface area contributed by atoms with Crippen molar-refractivity contribution in [1.82, 2.24) is 14.5 Å². The number of sulfonamides is 1. The Kier molecular flexibility index (Phi) is 6.24. The van der Waals surface area contributed by atoms with Gasteiger partial charge >= 0.3 is 0 Å². The van der Waals surface area contributed by atoms with Gasteiger partial charge in [0.15, 0.2) is 0 Å². The molecule has 1 saturated heterocycles. The highest BCUT2D eigenvalue weighted by Crippen LogP contribution is 2.42. The number of aromatic nitrogens is 2. The molecule has 0 bridgehead atoms. The molecule has 9 nitrogen and oxygen atoms in total. The molecular formula is C23H26ClN5O4S. The minimum absolute atomic E-state index is 0.137. The van der Waals surface area contributed by atoms with E-state index in [9.17, 15) is 13.2 Å². The fraction of sp³-hybridized carbons (Fsp3) is 0.391. The predicted octanol–water partition coefficient (Wildman–Crippen LogP) is 3.19. The summed E-state index contributed by atoms with van der Waals surface area (Å²) in [6.07, 6.45) is 3.72. The van der Waals surface area contributed by atoms with Crippen LogP contribution < -0.4 is 10.2 Å². The molecule has 2 aliphatic rings. The largest absolute Gasteiger partial charge is 0.378 e. The second kappa shape index (κ2) is 9.18. The van der Waals surface area contributed by atoms with Crippen LogP contribution in [0.5, 0.6) is 0 Å². The number of fused-ring (bicyclic) bond motifs is 1. The van der Waals surface area contributed by atoms with Gasteiger partial charge < -0.3 is 15.0 Å². The summed E-state index contributed by atoms with van der Waals surface area (Å²) in [4.78, 5) is 15.0. The summed E-state index contributed by atoms with van der Waals surface area (Å²) in [7, 11) is -2.53. The van der Waals surface area contributed by atoms with Crippen LogP contribution in [0, 0.1) is 0 Å². The van der Waals surface area contributed by atoms with Crippen LogP contribution in [-0.2, 0) is 19.6 Å². The van der Waals surface area contributed by atoms with Crippen molar-refractivity contribution < 1.29 is 17.9 Å². The van der Waals surface area contributed by atoms with E-state index in [1.54, 1.807) is 24.4 Å².